The lowest BCUT2D eigenvalue weighted by Crippen LogP contribution is -2.14. The highest BCUT2D eigenvalue weighted by atomic mass is 35.5. The summed E-state index contributed by atoms with van der Waals surface area (Å²) >= 11 is 11.9. The first kappa shape index (κ1) is 18.4. The Morgan fingerprint density at radius 3 is 2.73 bits per heavy atom. The van der Waals surface area contributed by atoms with Gasteiger partial charge in [-0.15, -0.1) is 0 Å². The number of carbonyl (C=O) groups excluding carboxylic acids is 1. The highest BCUT2D eigenvalue weighted by Gasteiger charge is 2.14. The first-order valence-corrected chi connectivity index (χ1v) is 8.34. The van der Waals surface area contributed by atoms with Crippen LogP contribution in [0.3, 0.4) is 0 Å². The summed E-state index contributed by atoms with van der Waals surface area (Å²) in [5, 5.41) is 19.0. The van der Waals surface area contributed by atoms with E-state index in [1.54, 1.807) is 24.4 Å². The molecule has 136 valence electrons. The number of fused-ring (bicyclic) bond motifs is 1. The fourth-order valence-corrected chi connectivity index (χ4v) is 2.96. The number of nitrogens with one attached hydrogen (secondary N) is 1. The Morgan fingerprint density at radius 2 is 2.04 bits per heavy atom. The molecule has 0 spiro atoms. The molecule has 8 nitrogen and oxygen atoms in total. The molecular formula is C16H15Cl2N5O3. The maximum Gasteiger partial charge on any atom is 0.327 e. The smallest absolute Gasteiger partial charge is 0.327 e. The number of esters is 1. The molecule has 26 heavy (non-hydrogen) atoms. The third-order valence-corrected chi connectivity index (χ3v) is 4.11. The van der Waals surface area contributed by atoms with Gasteiger partial charge in [0.05, 0.1) is 24.8 Å². The Labute approximate surface area is 158 Å². The number of hydrogen-bond donors (Lipinski definition) is 2. The van der Waals surface area contributed by atoms with E-state index >= 15 is 0 Å². The van der Waals surface area contributed by atoms with Crippen molar-refractivity contribution >= 4 is 46.0 Å². The third kappa shape index (κ3) is 4.04. The normalized spacial score (nSPS) is 12.2. The van der Waals surface area contributed by atoms with Crippen LogP contribution >= 0.6 is 23.2 Å². The highest BCUT2D eigenvalue weighted by molar-refractivity contribution is 6.34. The minimum absolute atomic E-state index is 0.0555. The van der Waals surface area contributed by atoms with E-state index in [1.165, 1.54) is 18.1 Å². The lowest BCUT2D eigenvalue weighted by Gasteiger charge is -2.13. The zero-order valence-corrected chi connectivity index (χ0v) is 15.2. The number of rotatable bonds is 6. The summed E-state index contributed by atoms with van der Waals surface area (Å²) in [7, 11) is 1.31. The Kier molecular flexibility index (Phi) is 5.55. The number of aromatic nitrogens is 4. The van der Waals surface area contributed by atoms with Crippen LogP contribution in [0.5, 0.6) is 0 Å². The topological polar surface area (TPSA) is 102 Å². The van der Waals surface area contributed by atoms with Gasteiger partial charge in [0.15, 0.2) is 5.65 Å². The van der Waals surface area contributed by atoms with Crippen LogP contribution < -0.4 is 5.32 Å². The largest absolute Gasteiger partial charge is 0.468 e. The van der Waals surface area contributed by atoms with Gasteiger partial charge in [-0.25, -0.2) is 14.6 Å². The number of halogens is 2. The number of aliphatic hydroxyl groups is 1. The molecule has 2 N–H and O–H groups in total. The SMILES string of the molecule is COC(=O)Cn1ncc2c(NCC(O)c3cc(Cl)cc(Cl)c3)ncnc21. The standard InChI is InChI=1S/C16H15Cl2N5O3/c1-26-14(25)7-23-16-12(5-22-23)15(20-8-21-16)19-6-13(24)9-2-10(17)4-11(18)3-9/h2-5,8,13,24H,6-7H2,1H3,(H,19,20,21). The molecule has 1 atom stereocenters. The molecule has 0 aliphatic rings. The van der Waals surface area contributed by atoms with Crippen LogP contribution in [0.2, 0.25) is 10.0 Å². The fourth-order valence-electron chi connectivity index (χ4n) is 2.42. The average Bonchev–Trinajstić information content (AvgIpc) is 3.02. The molecule has 1 unspecified atom stereocenters. The van der Waals surface area contributed by atoms with Gasteiger partial charge in [0, 0.05) is 16.6 Å². The summed E-state index contributed by atoms with van der Waals surface area (Å²) in [5.41, 5.74) is 1.06. The first-order valence-electron chi connectivity index (χ1n) is 7.59. The molecule has 0 radical (unpaired) electrons. The number of aliphatic hydroxyl groups excluding tert-OH is 1. The van der Waals surface area contributed by atoms with Crippen molar-refractivity contribution in [3.63, 3.8) is 0 Å². The molecule has 0 saturated heterocycles. The number of carbonyl (C=O) groups is 1. The number of hydrogen-bond acceptors (Lipinski definition) is 7. The van der Waals surface area contributed by atoms with Crippen molar-refractivity contribution in [3.05, 3.63) is 46.3 Å². The first-order chi connectivity index (χ1) is 12.5. The van der Waals surface area contributed by atoms with E-state index in [1.807, 2.05) is 0 Å². The van der Waals surface area contributed by atoms with Crippen molar-refractivity contribution in [1.29, 1.82) is 0 Å². The van der Waals surface area contributed by atoms with Gasteiger partial charge in [0.25, 0.3) is 0 Å². The van der Waals surface area contributed by atoms with Crippen molar-refractivity contribution in [2.75, 3.05) is 19.0 Å². The molecule has 1 aromatic carbocycles. The fraction of sp³-hybridized carbons (Fsp3) is 0.250. The quantitative estimate of drug-likeness (QED) is 0.617. The van der Waals surface area contributed by atoms with Gasteiger partial charge in [-0.2, -0.15) is 5.10 Å². The lowest BCUT2D eigenvalue weighted by molar-refractivity contribution is -0.141. The summed E-state index contributed by atoms with van der Waals surface area (Å²) in [5.74, 6) is 0.0506. The second-order valence-electron chi connectivity index (χ2n) is 5.44. The molecule has 0 saturated carbocycles. The van der Waals surface area contributed by atoms with E-state index in [9.17, 15) is 9.90 Å². The van der Waals surface area contributed by atoms with Crippen LogP contribution in [0, 0.1) is 0 Å². The molecule has 3 rings (SSSR count). The molecule has 0 aliphatic carbocycles. The van der Waals surface area contributed by atoms with Crippen molar-refractivity contribution in [2.45, 2.75) is 12.6 Å². The zero-order valence-electron chi connectivity index (χ0n) is 13.7. The second kappa shape index (κ2) is 7.86. The van der Waals surface area contributed by atoms with E-state index in [4.69, 9.17) is 23.2 Å². The van der Waals surface area contributed by atoms with Crippen molar-refractivity contribution in [1.82, 2.24) is 19.7 Å². The van der Waals surface area contributed by atoms with Gasteiger partial charge in [-0.1, -0.05) is 23.2 Å². The molecule has 0 bridgehead atoms. The number of ether oxygens (including phenoxy) is 1. The van der Waals surface area contributed by atoms with Gasteiger partial charge < -0.3 is 15.2 Å². The van der Waals surface area contributed by atoms with E-state index in [2.05, 4.69) is 25.1 Å². The van der Waals surface area contributed by atoms with Crippen molar-refractivity contribution < 1.29 is 14.6 Å². The summed E-state index contributed by atoms with van der Waals surface area (Å²) in [6.45, 7) is 0.116. The molecule has 3 aromatic rings. The predicted molar refractivity (Wildman–Crippen MR) is 97.3 cm³/mol. The molecule has 10 heteroatoms. The third-order valence-electron chi connectivity index (χ3n) is 3.67. The minimum atomic E-state index is -0.846. The monoisotopic (exact) mass is 395 g/mol. The van der Waals surface area contributed by atoms with Crippen LogP contribution in [0.1, 0.15) is 11.7 Å². The van der Waals surface area contributed by atoms with Crippen LogP contribution in [-0.2, 0) is 16.1 Å². The van der Waals surface area contributed by atoms with Crippen LogP contribution in [0.15, 0.2) is 30.7 Å². The van der Waals surface area contributed by atoms with E-state index < -0.39 is 12.1 Å². The van der Waals surface area contributed by atoms with Gasteiger partial charge in [-0.3, -0.25) is 4.79 Å². The number of benzene rings is 1. The molecule has 0 aliphatic heterocycles. The molecule has 0 fully saturated rings. The Balaban J connectivity index is 1.77. The predicted octanol–water partition coefficient (Wildman–Crippen LogP) is 2.45. The lowest BCUT2D eigenvalue weighted by atomic mass is 10.1. The van der Waals surface area contributed by atoms with Gasteiger partial charge in [-0.05, 0) is 23.8 Å². The van der Waals surface area contributed by atoms with Gasteiger partial charge in [0.1, 0.15) is 18.7 Å². The summed E-state index contributed by atoms with van der Waals surface area (Å²) < 4.78 is 6.05. The summed E-state index contributed by atoms with van der Waals surface area (Å²) in [6, 6.07) is 4.88. The number of methoxy groups -OCH3 is 1. The average molecular weight is 396 g/mol. The van der Waals surface area contributed by atoms with Crippen LogP contribution in [0.25, 0.3) is 11.0 Å². The van der Waals surface area contributed by atoms with E-state index in [0.717, 1.165) is 0 Å². The maximum atomic E-state index is 11.4. The molecular weight excluding hydrogens is 381 g/mol. The van der Waals surface area contributed by atoms with Crippen molar-refractivity contribution in [3.8, 4) is 0 Å². The van der Waals surface area contributed by atoms with Crippen LogP contribution in [-0.4, -0.2) is 44.5 Å². The Hall–Kier alpha value is -2.42. The van der Waals surface area contributed by atoms with Crippen LogP contribution in [0.4, 0.5) is 5.82 Å². The Morgan fingerprint density at radius 1 is 1.31 bits per heavy atom. The molecule has 0 amide bonds. The van der Waals surface area contributed by atoms with Crippen molar-refractivity contribution in [2.24, 2.45) is 0 Å². The van der Waals surface area contributed by atoms with Gasteiger partial charge >= 0.3 is 5.97 Å². The van der Waals surface area contributed by atoms with Gasteiger partial charge in [0.2, 0.25) is 0 Å². The zero-order chi connectivity index (χ0) is 18.7. The second-order valence-corrected chi connectivity index (χ2v) is 6.31. The van der Waals surface area contributed by atoms with E-state index in [0.29, 0.717) is 32.5 Å². The minimum Gasteiger partial charge on any atom is -0.468 e. The Bertz CT molecular complexity index is 927. The maximum absolute atomic E-state index is 11.4. The highest BCUT2D eigenvalue weighted by Crippen LogP contribution is 2.25. The molecule has 2 aromatic heterocycles. The van der Waals surface area contributed by atoms with E-state index in [-0.39, 0.29) is 13.1 Å². The summed E-state index contributed by atoms with van der Waals surface area (Å²) in [4.78, 5) is 19.7. The molecule has 2 heterocycles. The number of nitrogens with zero attached hydrogens (tertiary/aromatic N) is 4. The number of anilines is 1. The summed E-state index contributed by atoms with van der Waals surface area (Å²) in [6.07, 6.45) is 2.05.